The summed E-state index contributed by atoms with van der Waals surface area (Å²) >= 11 is 0. The van der Waals surface area contributed by atoms with Crippen molar-refractivity contribution in [1.29, 1.82) is 0 Å². The topological polar surface area (TPSA) is 110 Å². The van der Waals surface area contributed by atoms with Crippen molar-refractivity contribution in [2.24, 2.45) is 0 Å². The number of nitrogens with zero attached hydrogens (tertiary/aromatic N) is 2. The van der Waals surface area contributed by atoms with Crippen molar-refractivity contribution < 1.29 is 18.5 Å². The van der Waals surface area contributed by atoms with Crippen molar-refractivity contribution in [1.82, 2.24) is 10.3 Å². The molecule has 9 heteroatoms. The highest BCUT2D eigenvalue weighted by Gasteiger charge is 2.11. The van der Waals surface area contributed by atoms with Gasteiger partial charge in [0.2, 0.25) is 5.91 Å². The lowest BCUT2D eigenvalue weighted by Crippen LogP contribution is -2.28. The molecule has 0 aliphatic rings. The van der Waals surface area contributed by atoms with E-state index in [1.807, 2.05) is 0 Å². The number of nitro benzene ring substituents is 1. The third kappa shape index (κ3) is 5.61. The molecule has 0 aliphatic heterocycles. The van der Waals surface area contributed by atoms with Gasteiger partial charge in [0.1, 0.15) is 5.82 Å². The number of non-ortho nitro benzene ring substituents is 1. The van der Waals surface area contributed by atoms with Crippen LogP contribution in [0.25, 0.3) is 11.3 Å². The Morgan fingerprint density at radius 2 is 1.90 bits per heavy atom. The molecule has 0 unspecified atom stereocenters. The van der Waals surface area contributed by atoms with Crippen molar-refractivity contribution in [2.45, 2.75) is 12.8 Å². The van der Waals surface area contributed by atoms with Gasteiger partial charge in [-0.05, 0) is 24.3 Å². The number of carbonyl (C=O) groups excluding carboxylic acids is 1. The Morgan fingerprint density at radius 3 is 2.62 bits per heavy atom. The lowest BCUT2D eigenvalue weighted by atomic mass is 10.2. The third-order valence-electron chi connectivity index (χ3n) is 4.11. The Morgan fingerprint density at radius 1 is 1.14 bits per heavy atom. The first-order valence-corrected chi connectivity index (χ1v) is 8.97. The maximum atomic E-state index is 13.8. The molecule has 1 aromatic heterocycles. The molecule has 150 valence electrons. The Hall–Kier alpha value is -3.75. The molecule has 2 aromatic carbocycles. The predicted octanol–water partition coefficient (Wildman–Crippen LogP) is 3.55. The molecule has 3 aromatic rings. The van der Waals surface area contributed by atoms with E-state index in [1.165, 1.54) is 24.4 Å². The molecule has 0 bridgehead atoms. The molecule has 3 rings (SSSR count). The molecule has 0 aliphatic carbocycles. The summed E-state index contributed by atoms with van der Waals surface area (Å²) < 4.78 is 19.3. The first-order valence-electron chi connectivity index (χ1n) is 8.97. The van der Waals surface area contributed by atoms with Gasteiger partial charge in [0.15, 0.2) is 11.7 Å². The zero-order valence-corrected chi connectivity index (χ0v) is 15.4. The molecular formula is C20H19FN4O4. The van der Waals surface area contributed by atoms with Crippen molar-refractivity contribution >= 4 is 17.3 Å². The van der Waals surface area contributed by atoms with Crippen LogP contribution in [0.2, 0.25) is 0 Å². The van der Waals surface area contributed by atoms with E-state index in [0.717, 1.165) is 5.69 Å². The minimum absolute atomic E-state index is 0.0218. The van der Waals surface area contributed by atoms with Gasteiger partial charge in [0, 0.05) is 43.8 Å². The van der Waals surface area contributed by atoms with E-state index in [0.29, 0.717) is 36.7 Å². The first kappa shape index (κ1) is 20.0. The molecule has 0 atom stereocenters. The van der Waals surface area contributed by atoms with Crippen LogP contribution in [0.15, 0.2) is 59.1 Å². The summed E-state index contributed by atoms with van der Waals surface area (Å²) in [6, 6.07) is 12.3. The maximum Gasteiger partial charge on any atom is 0.269 e. The van der Waals surface area contributed by atoms with Gasteiger partial charge in [-0.25, -0.2) is 9.37 Å². The molecule has 0 radical (unpaired) electrons. The average Bonchev–Trinajstić information content (AvgIpc) is 3.19. The number of aromatic nitrogens is 1. The minimum atomic E-state index is -0.461. The van der Waals surface area contributed by atoms with Gasteiger partial charge in [-0.1, -0.05) is 12.1 Å². The molecule has 2 N–H and O–H groups in total. The average molecular weight is 398 g/mol. The smallest absolute Gasteiger partial charge is 0.269 e. The quantitative estimate of drug-likeness (QED) is 0.324. The van der Waals surface area contributed by atoms with Gasteiger partial charge >= 0.3 is 0 Å². The largest absolute Gasteiger partial charge is 0.441 e. The number of hydrogen-bond acceptors (Lipinski definition) is 6. The van der Waals surface area contributed by atoms with E-state index in [2.05, 4.69) is 15.6 Å². The second-order valence-corrected chi connectivity index (χ2v) is 6.18. The number of aryl methyl sites for hydroxylation is 1. The SMILES string of the molecule is O=C(CCc1ncc(-c2ccccc2F)o1)NCCNc1ccc([N+](=O)[O-])cc1. The van der Waals surface area contributed by atoms with E-state index in [4.69, 9.17) is 4.42 Å². The molecule has 1 heterocycles. The van der Waals surface area contributed by atoms with E-state index in [1.54, 1.807) is 30.3 Å². The van der Waals surface area contributed by atoms with Crippen molar-refractivity contribution in [3.05, 3.63) is 76.6 Å². The lowest BCUT2D eigenvalue weighted by Gasteiger charge is -2.07. The highest BCUT2D eigenvalue weighted by Crippen LogP contribution is 2.23. The van der Waals surface area contributed by atoms with Crippen LogP contribution in [0.1, 0.15) is 12.3 Å². The summed E-state index contributed by atoms with van der Waals surface area (Å²) in [5.41, 5.74) is 1.08. The Kier molecular flexibility index (Phi) is 6.51. The number of carbonyl (C=O) groups is 1. The van der Waals surface area contributed by atoms with Crippen LogP contribution in [-0.2, 0) is 11.2 Å². The van der Waals surface area contributed by atoms with Crippen LogP contribution in [0.3, 0.4) is 0 Å². The van der Waals surface area contributed by atoms with E-state index in [9.17, 15) is 19.3 Å². The van der Waals surface area contributed by atoms with E-state index >= 15 is 0 Å². The zero-order chi connectivity index (χ0) is 20.6. The molecule has 0 fully saturated rings. The van der Waals surface area contributed by atoms with Crippen LogP contribution in [0.4, 0.5) is 15.8 Å². The van der Waals surface area contributed by atoms with E-state index in [-0.39, 0.29) is 18.0 Å². The molecule has 1 amide bonds. The van der Waals surface area contributed by atoms with Gasteiger partial charge in [-0.3, -0.25) is 14.9 Å². The van der Waals surface area contributed by atoms with Crippen LogP contribution >= 0.6 is 0 Å². The maximum absolute atomic E-state index is 13.8. The Labute approximate surface area is 165 Å². The fourth-order valence-electron chi connectivity index (χ4n) is 2.63. The third-order valence-corrected chi connectivity index (χ3v) is 4.11. The summed E-state index contributed by atoms with van der Waals surface area (Å²) in [4.78, 5) is 26.2. The van der Waals surface area contributed by atoms with Gasteiger partial charge in [0.05, 0.1) is 16.7 Å². The highest BCUT2D eigenvalue weighted by atomic mass is 19.1. The second-order valence-electron chi connectivity index (χ2n) is 6.18. The summed E-state index contributed by atoms with van der Waals surface area (Å²) in [5.74, 6) is 0.128. The predicted molar refractivity (Wildman–Crippen MR) is 105 cm³/mol. The molecule has 0 saturated carbocycles. The molecule has 0 saturated heterocycles. The van der Waals surface area contributed by atoms with Crippen LogP contribution in [0, 0.1) is 15.9 Å². The number of nitro groups is 1. The monoisotopic (exact) mass is 398 g/mol. The molecule has 8 nitrogen and oxygen atoms in total. The highest BCUT2D eigenvalue weighted by molar-refractivity contribution is 5.76. The second kappa shape index (κ2) is 9.45. The number of nitrogens with one attached hydrogen (secondary N) is 2. The fraction of sp³-hybridized carbons (Fsp3) is 0.200. The van der Waals surface area contributed by atoms with Crippen LogP contribution in [0.5, 0.6) is 0 Å². The normalized spacial score (nSPS) is 10.5. The minimum Gasteiger partial charge on any atom is -0.441 e. The number of oxazole rings is 1. The molecule has 0 spiro atoms. The number of halogens is 1. The van der Waals surface area contributed by atoms with Gasteiger partial charge in [-0.15, -0.1) is 0 Å². The standard InChI is InChI=1S/C20H19FN4O4/c21-17-4-2-1-3-16(17)18-13-24-20(29-18)10-9-19(26)23-12-11-22-14-5-7-15(8-6-14)25(27)28/h1-8,13,22H,9-12H2,(H,23,26). The molecular weight excluding hydrogens is 379 g/mol. The van der Waals surface area contributed by atoms with Gasteiger partial charge < -0.3 is 15.1 Å². The van der Waals surface area contributed by atoms with E-state index < -0.39 is 10.7 Å². The number of amides is 1. The fourth-order valence-corrected chi connectivity index (χ4v) is 2.63. The lowest BCUT2D eigenvalue weighted by molar-refractivity contribution is -0.384. The van der Waals surface area contributed by atoms with Crippen molar-refractivity contribution in [3.8, 4) is 11.3 Å². The van der Waals surface area contributed by atoms with Crippen molar-refractivity contribution in [2.75, 3.05) is 18.4 Å². The number of hydrogen-bond donors (Lipinski definition) is 2. The Bertz CT molecular complexity index is 988. The van der Waals surface area contributed by atoms with Crippen molar-refractivity contribution in [3.63, 3.8) is 0 Å². The number of benzene rings is 2. The van der Waals surface area contributed by atoms with Gasteiger partial charge in [0.25, 0.3) is 5.69 Å². The summed E-state index contributed by atoms with van der Waals surface area (Å²) in [6.07, 6.45) is 1.94. The summed E-state index contributed by atoms with van der Waals surface area (Å²) in [7, 11) is 0. The first-order chi connectivity index (χ1) is 14.0. The summed E-state index contributed by atoms with van der Waals surface area (Å²) in [6.45, 7) is 0.863. The zero-order valence-electron chi connectivity index (χ0n) is 15.4. The molecule has 29 heavy (non-hydrogen) atoms. The summed E-state index contributed by atoms with van der Waals surface area (Å²) in [5, 5.41) is 16.4. The van der Waals surface area contributed by atoms with Crippen LogP contribution < -0.4 is 10.6 Å². The number of rotatable bonds is 9. The number of anilines is 1. The van der Waals surface area contributed by atoms with Gasteiger partial charge in [-0.2, -0.15) is 0 Å². The Balaban J connectivity index is 1.38. The van der Waals surface area contributed by atoms with Crippen LogP contribution in [-0.4, -0.2) is 28.9 Å².